The van der Waals surface area contributed by atoms with E-state index >= 15 is 0 Å². The summed E-state index contributed by atoms with van der Waals surface area (Å²) in [5.74, 6) is -0.890. The van der Waals surface area contributed by atoms with E-state index in [2.05, 4.69) is 5.32 Å². The molecule has 0 fully saturated rings. The van der Waals surface area contributed by atoms with Gasteiger partial charge in [-0.15, -0.1) is 11.6 Å². The molecule has 0 aliphatic rings. The number of ketones is 1. The number of hydrogen-bond donors (Lipinski definition) is 2. The number of benzene rings is 1. The van der Waals surface area contributed by atoms with Crippen LogP contribution in [0.15, 0.2) is 24.3 Å². The number of alkyl halides is 1. The van der Waals surface area contributed by atoms with Crippen LogP contribution in [-0.2, 0) is 9.53 Å². The van der Waals surface area contributed by atoms with E-state index in [1.165, 1.54) is 18.2 Å². The smallest absolute Gasteiger partial charge is 0.407 e. The van der Waals surface area contributed by atoms with Crippen molar-refractivity contribution in [1.29, 1.82) is 0 Å². The molecule has 152 valence electrons. The predicted octanol–water partition coefficient (Wildman–Crippen LogP) is 3.80. The number of carbonyl (C=O) groups is 3. The highest BCUT2D eigenvalue weighted by atomic mass is 35.5. The molecule has 0 radical (unpaired) electrons. The Hall–Kier alpha value is -2.15. The van der Waals surface area contributed by atoms with E-state index in [1.807, 2.05) is 20.8 Å². The van der Waals surface area contributed by atoms with Crippen molar-refractivity contribution in [1.82, 2.24) is 5.32 Å². The Bertz CT molecular complexity index is 618. The maximum absolute atomic E-state index is 12.3. The number of nitrogens with two attached hydrogens (primary N) is 1. The van der Waals surface area contributed by atoms with Crippen LogP contribution in [0.1, 0.15) is 56.8 Å². The van der Waals surface area contributed by atoms with Crippen molar-refractivity contribution < 1.29 is 23.5 Å². The first-order valence-electron chi connectivity index (χ1n) is 8.65. The van der Waals surface area contributed by atoms with Crippen LogP contribution >= 0.6 is 11.6 Å². The van der Waals surface area contributed by atoms with E-state index < -0.39 is 23.4 Å². The number of nitrogens with one attached hydrogen (secondary N) is 1. The quantitative estimate of drug-likeness (QED) is 0.510. The Morgan fingerprint density at radius 1 is 1.19 bits per heavy atom. The van der Waals surface area contributed by atoms with Crippen LogP contribution in [0.5, 0.6) is 0 Å². The van der Waals surface area contributed by atoms with Gasteiger partial charge in [0, 0.05) is 18.5 Å². The van der Waals surface area contributed by atoms with Crippen LogP contribution in [0.2, 0.25) is 0 Å². The van der Waals surface area contributed by atoms with Gasteiger partial charge in [-0.25, -0.2) is 9.18 Å². The maximum Gasteiger partial charge on any atom is 0.407 e. The van der Waals surface area contributed by atoms with E-state index in [4.69, 9.17) is 22.1 Å². The van der Waals surface area contributed by atoms with Gasteiger partial charge in [0.2, 0.25) is 5.91 Å². The van der Waals surface area contributed by atoms with Crippen molar-refractivity contribution in [3.63, 3.8) is 0 Å². The second kappa shape index (κ2) is 13.1. The molecule has 6 nitrogen and oxygen atoms in total. The summed E-state index contributed by atoms with van der Waals surface area (Å²) in [7, 11) is 0. The van der Waals surface area contributed by atoms with Crippen LogP contribution in [0, 0.1) is 5.82 Å². The van der Waals surface area contributed by atoms with E-state index in [0.717, 1.165) is 25.3 Å². The van der Waals surface area contributed by atoms with Gasteiger partial charge >= 0.3 is 6.09 Å². The van der Waals surface area contributed by atoms with E-state index in [0.29, 0.717) is 13.0 Å². The van der Waals surface area contributed by atoms with Gasteiger partial charge in [-0.3, -0.25) is 9.59 Å². The van der Waals surface area contributed by atoms with Crippen LogP contribution < -0.4 is 11.1 Å². The largest absolute Gasteiger partial charge is 0.444 e. The summed E-state index contributed by atoms with van der Waals surface area (Å²) in [6.07, 6.45) is 2.69. The van der Waals surface area contributed by atoms with Crippen molar-refractivity contribution in [3.8, 4) is 0 Å². The average molecular weight is 403 g/mol. The molecule has 0 bridgehead atoms. The summed E-state index contributed by atoms with van der Waals surface area (Å²) >= 11 is 5.37. The summed E-state index contributed by atoms with van der Waals surface area (Å²) in [4.78, 5) is 32.5. The number of rotatable bonds is 8. The van der Waals surface area contributed by atoms with Crippen LogP contribution in [-0.4, -0.2) is 35.8 Å². The van der Waals surface area contributed by atoms with Gasteiger partial charge < -0.3 is 15.8 Å². The molecule has 0 saturated carbocycles. The normalized spacial score (nSPS) is 10.4. The fourth-order valence-electron chi connectivity index (χ4n) is 1.84. The molecule has 8 heteroatoms. The molecule has 1 aromatic rings. The van der Waals surface area contributed by atoms with Crippen LogP contribution in [0.3, 0.4) is 0 Å². The molecule has 0 atom stereocenters. The van der Waals surface area contributed by atoms with Gasteiger partial charge in [0.1, 0.15) is 17.2 Å². The van der Waals surface area contributed by atoms with Crippen molar-refractivity contribution in [3.05, 3.63) is 35.6 Å². The minimum Gasteiger partial charge on any atom is -0.444 e. The number of Topliss-reactive ketones (excluding diaryl/α,β-unsaturated/α-hetero) is 1. The first-order chi connectivity index (χ1) is 12.5. The predicted molar refractivity (Wildman–Crippen MR) is 103 cm³/mol. The Kier molecular flexibility index (Phi) is 12.0. The second-order valence-electron chi connectivity index (χ2n) is 6.79. The molecule has 0 aromatic heterocycles. The van der Waals surface area contributed by atoms with Gasteiger partial charge in [0.25, 0.3) is 0 Å². The maximum atomic E-state index is 12.3. The lowest BCUT2D eigenvalue weighted by Gasteiger charge is -2.19. The number of hydrogen-bond acceptors (Lipinski definition) is 4. The molecular weight excluding hydrogens is 375 g/mol. The fraction of sp³-hybridized carbons (Fsp3) is 0.526. The van der Waals surface area contributed by atoms with Crippen molar-refractivity contribution in [2.45, 2.75) is 52.1 Å². The molecule has 0 aliphatic heterocycles. The second-order valence-corrected chi connectivity index (χ2v) is 7.05. The highest BCUT2D eigenvalue weighted by molar-refractivity contribution is 6.27. The van der Waals surface area contributed by atoms with Crippen molar-refractivity contribution in [2.75, 3.05) is 12.4 Å². The van der Waals surface area contributed by atoms with Gasteiger partial charge in [0.05, 0.1) is 5.88 Å². The third-order valence-corrected chi connectivity index (χ3v) is 3.36. The Morgan fingerprint density at radius 2 is 1.85 bits per heavy atom. The third kappa shape index (κ3) is 14.7. The molecule has 0 heterocycles. The zero-order chi connectivity index (χ0) is 20.9. The lowest BCUT2D eigenvalue weighted by atomic mass is 10.1. The Morgan fingerprint density at radius 3 is 2.33 bits per heavy atom. The molecule has 27 heavy (non-hydrogen) atoms. The van der Waals surface area contributed by atoms with Gasteiger partial charge in [0.15, 0.2) is 0 Å². The number of primary amides is 1. The number of amides is 2. The molecule has 0 spiro atoms. The molecule has 0 saturated heterocycles. The summed E-state index contributed by atoms with van der Waals surface area (Å²) in [6.45, 7) is 6.04. The molecule has 0 aliphatic carbocycles. The summed E-state index contributed by atoms with van der Waals surface area (Å²) < 4.78 is 17.4. The minimum atomic E-state index is -0.612. The zero-order valence-corrected chi connectivity index (χ0v) is 16.8. The van der Waals surface area contributed by atoms with E-state index in [9.17, 15) is 18.8 Å². The molecule has 1 aromatic carbocycles. The number of unbranched alkanes of at least 4 members (excludes halogenated alkanes) is 2. The summed E-state index contributed by atoms with van der Waals surface area (Å²) in [5, 5.41) is 2.67. The lowest BCUT2D eigenvalue weighted by molar-refractivity contribution is -0.116. The number of ether oxygens (including phenoxy) is 1. The highest BCUT2D eigenvalue weighted by Gasteiger charge is 2.15. The first-order valence-corrected chi connectivity index (χ1v) is 9.18. The minimum absolute atomic E-state index is 0.0757. The van der Waals surface area contributed by atoms with Crippen LogP contribution in [0.25, 0.3) is 0 Å². The molecular formula is C19H28ClFN2O4. The summed E-state index contributed by atoms with van der Waals surface area (Å²) in [6, 6.07) is 5.26. The molecule has 2 amide bonds. The molecule has 1 rings (SSSR count). The van der Waals surface area contributed by atoms with Gasteiger partial charge in [-0.05, 0) is 51.8 Å². The van der Waals surface area contributed by atoms with Crippen LogP contribution in [0.4, 0.5) is 9.18 Å². The SMILES string of the molecule is CC(C)(C)OC(=O)NCCCCCC(=O)CCl.NC(=O)c1cccc(F)c1. The molecule has 0 unspecified atom stereocenters. The van der Waals surface area contributed by atoms with E-state index in [-0.39, 0.29) is 17.2 Å². The Labute approximate surface area is 164 Å². The third-order valence-electron chi connectivity index (χ3n) is 3.06. The van der Waals surface area contributed by atoms with Gasteiger partial charge in [-0.1, -0.05) is 12.5 Å². The fourth-order valence-corrected chi connectivity index (χ4v) is 1.97. The monoisotopic (exact) mass is 402 g/mol. The zero-order valence-electron chi connectivity index (χ0n) is 16.0. The number of halogens is 2. The highest BCUT2D eigenvalue weighted by Crippen LogP contribution is 2.06. The summed E-state index contributed by atoms with van der Waals surface area (Å²) in [5.41, 5.74) is 4.61. The van der Waals surface area contributed by atoms with Gasteiger partial charge in [-0.2, -0.15) is 0 Å². The Balaban J connectivity index is 0.000000569. The topological polar surface area (TPSA) is 98.5 Å². The first kappa shape index (κ1) is 24.8. The lowest BCUT2D eigenvalue weighted by Crippen LogP contribution is -2.32. The number of carbonyl (C=O) groups excluding carboxylic acids is 3. The van der Waals surface area contributed by atoms with Crippen molar-refractivity contribution in [2.24, 2.45) is 5.73 Å². The average Bonchev–Trinajstić information content (AvgIpc) is 2.56. The molecule has 3 N–H and O–H groups in total. The standard InChI is InChI=1S/C12H22ClNO3.C7H6FNO/c1-12(2,3)17-11(16)14-8-6-4-5-7-10(15)9-13;8-6-3-1-2-5(4-6)7(9)10/h4-9H2,1-3H3,(H,14,16);1-4H,(H2,9,10). The number of alkyl carbamates (subject to hydrolysis) is 1. The van der Waals surface area contributed by atoms with Crippen molar-refractivity contribution >= 4 is 29.4 Å². The van der Waals surface area contributed by atoms with E-state index in [1.54, 1.807) is 0 Å².